The second kappa shape index (κ2) is 6.09. The first kappa shape index (κ1) is 14.6. The average molecular weight is 328 g/mol. The van der Waals surface area contributed by atoms with E-state index in [4.69, 9.17) is 0 Å². The molecule has 1 unspecified atom stereocenters. The summed E-state index contributed by atoms with van der Waals surface area (Å²) in [5, 5.41) is 6.48. The maximum atomic E-state index is 12.2. The number of hydrogen-bond donors (Lipinski definition) is 2. The maximum absolute atomic E-state index is 12.2. The van der Waals surface area contributed by atoms with Crippen molar-refractivity contribution in [1.29, 1.82) is 0 Å². The number of nitrogens with zero attached hydrogens (tertiary/aromatic N) is 1. The van der Waals surface area contributed by atoms with Gasteiger partial charge in [-0.2, -0.15) is 0 Å². The number of carbonyl (C=O) groups excluding carboxylic acids is 1. The summed E-state index contributed by atoms with van der Waals surface area (Å²) in [4.78, 5) is 12.2. The molecule has 1 aromatic heterocycles. The molecule has 2 heterocycles. The molecule has 1 aliphatic rings. The molecule has 0 radical (unpaired) electrons. The van der Waals surface area contributed by atoms with Crippen LogP contribution in [0, 0.1) is 5.41 Å². The van der Waals surface area contributed by atoms with Crippen LogP contribution in [0.3, 0.4) is 0 Å². The molecular formula is C14H22BrN3O. The molecule has 1 fully saturated rings. The van der Waals surface area contributed by atoms with Gasteiger partial charge in [-0.15, -0.1) is 0 Å². The van der Waals surface area contributed by atoms with Crippen molar-refractivity contribution < 1.29 is 4.79 Å². The van der Waals surface area contributed by atoms with Gasteiger partial charge < -0.3 is 15.2 Å². The molecule has 0 saturated carbocycles. The monoisotopic (exact) mass is 327 g/mol. The van der Waals surface area contributed by atoms with Crippen LogP contribution in [-0.4, -0.2) is 30.1 Å². The third kappa shape index (κ3) is 3.60. The first-order chi connectivity index (χ1) is 9.04. The van der Waals surface area contributed by atoms with E-state index in [2.05, 4.69) is 33.5 Å². The van der Waals surface area contributed by atoms with E-state index in [9.17, 15) is 4.79 Å². The van der Waals surface area contributed by atoms with Crippen molar-refractivity contribution in [2.24, 2.45) is 5.41 Å². The Bertz CT molecular complexity index is 450. The minimum Gasteiger partial charge on any atom is -0.350 e. The van der Waals surface area contributed by atoms with E-state index in [1.54, 1.807) is 0 Å². The minimum absolute atomic E-state index is 0.0133. The molecule has 1 amide bonds. The van der Waals surface area contributed by atoms with Crippen LogP contribution in [0.2, 0.25) is 0 Å². The van der Waals surface area contributed by atoms with Gasteiger partial charge in [0.15, 0.2) is 0 Å². The zero-order chi connectivity index (χ0) is 13.9. The Morgan fingerprint density at radius 2 is 2.42 bits per heavy atom. The number of piperidine rings is 1. The Hall–Kier alpha value is -0.810. The number of rotatable bonds is 4. The fourth-order valence-corrected chi connectivity index (χ4v) is 3.04. The predicted molar refractivity (Wildman–Crippen MR) is 80.3 cm³/mol. The Balaban J connectivity index is 1.97. The van der Waals surface area contributed by atoms with Crippen molar-refractivity contribution in [1.82, 2.24) is 15.2 Å². The highest BCUT2D eigenvalue weighted by molar-refractivity contribution is 9.10. The number of hydrogen-bond acceptors (Lipinski definition) is 2. The van der Waals surface area contributed by atoms with Crippen LogP contribution in [0.25, 0.3) is 0 Å². The van der Waals surface area contributed by atoms with E-state index in [1.165, 1.54) is 12.8 Å². The predicted octanol–water partition coefficient (Wildman–Crippen LogP) is 2.39. The van der Waals surface area contributed by atoms with Crippen LogP contribution >= 0.6 is 15.9 Å². The first-order valence-corrected chi connectivity index (χ1v) is 7.68. The Kier molecular flexibility index (Phi) is 4.68. The summed E-state index contributed by atoms with van der Waals surface area (Å²) in [6.45, 7) is 7.86. The number of carbonyl (C=O) groups is 1. The number of amides is 1. The van der Waals surface area contributed by atoms with E-state index < -0.39 is 0 Å². The van der Waals surface area contributed by atoms with Crippen molar-refractivity contribution in [3.63, 3.8) is 0 Å². The normalized spacial score (nSPS) is 23.3. The largest absolute Gasteiger partial charge is 0.350 e. The van der Waals surface area contributed by atoms with E-state index >= 15 is 0 Å². The molecule has 1 atom stereocenters. The molecule has 0 aromatic carbocycles. The molecule has 5 heteroatoms. The van der Waals surface area contributed by atoms with Crippen LogP contribution in [-0.2, 0) is 6.54 Å². The Morgan fingerprint density at radius 3 is 3.05 bits per heavy atom. The summed E-state index contributed by atoms with van der Waals surface area (Å²) < 4.78 is 2.91. The summed E-state index contributed by atoms with van der Waals surface area (Å²) in [5.74, 6) is 0.0133. The summed E-state index contributed by atoms with van der Waals surface area (Å²) in [6, 6.07) is 1.88. The second-order valence-electron chi connectivity index (χ2n) is 5.60. The summed E-state index contributed by atoms with van der Waals surface area (Å²) in [5.41, 5.74) is 0.899. The highest BCUT2D eigenvalue weighted by Crippen LogP contribution is 2.24. The molecule has 0 aliphatic carbocycles. The van der Waals surface area contributed by atoms with E-state index in [1.807, 2.05) is 23.8 Å². The second-order valence-corrected chi connectivity index (χ2v) is 6.52. The van der Waals surface area contributed by atoms with Crippen LogP contribution in [0.4, 0.5) is 0 Å². The quantitative estimate of drug-likeness (QED) is 0.891. The first-order valence-electron chi connectivity index (χ1n) is 6.89. The van der Waals surface area contributed by atoms with Crippen molar-refractivity contribution in [3.8, 4) is 0 Å². The zero-order valence-corrected chi connectivity index (χ0v) is 13.2. The lowest BCUT2D eigenvalue weighted by atomic mass is 9.83. The summed E-state index contributed by atoms with van der Waals surface area (Å²) in [6.07, 6.45) is 4.29. The van der Waals surface area contributed by atoms with Gasteiger partial charge in [0.05, 0.1) is 0 Å². The molecular weight excluding hydrogens is 306 g/mol. The van der Waals surface area contributed by atoms with Crippen LogP contribution < -0.4 is 10.6 Å². The van der Waals surface area contributed by atoms with Gasteiger partial charge in [-0.25, -0.2) is 0 Å². The highest BCUT2D eigenvalue weighted by atomic mass is 79.9. The summed E-state index contributed by atoms with van der Waals surface area (Å²) >= 11 is 3.42. The van der Waals surface area contributed by atoms with Gasteiger partial charge in [0.2, 0.25) is 0 Å². The van der Waals surface area contributed by atoms with E-state index in [0.717, 1.165) is 36.3 Å². The molecule has 2 rings (SSSR count). The van der Waals surface area contributed by atoms with Crippen LogP contribution in [0.15, 0.2) is 16.7 Å². The van der Waals surface area contributed by atoms with Gasteiger partial charge in [0.25, 0.3) is 5.91 Å². The molecule has 2 N–H and O–H groups in total. The Labute approximate surface area is 123 Å². The maximum Gasteiger partial charge on any atom is 0.267 e. The van der Waals surface area contributed by atoms with Gasteiger partial charge in [-0.3, -0.25) is 4.79 Å². The van der Waals surface area contributed by atoms with Gasteiger partial charge in [-0.1, -0.05) is 6.92 Å². The highest BCUT2D eigenvalue weighted by Gasteiger charge is 2.27. The lowest BCUT2D eigenvalue weighted by molar-refractivity contribution is 0.0915. The van der Waals surface area contributed by atoms with Crippen molar-refractivity contribution >= 4 is 21.8 Å². The van der Waals surface area contributed by atoms with Crippen molar-refractivity contribution in [2.75, 3.05) is 19.6 Å². The van der Waals surface area contributed by atoms with Gasteiger partial charge in [0.1, 0.15) is 5.69 Å². The summed E-state index contributed by atoms with van der Waals surface area (Å²) in [7, 11) is 0. The molecule has 1 aromatic rings. The smallest absolute Gasteiger partial charge is 0.267 e. The van der Waals surface area contributed by atoms with Crippen molar-refractivity contribution in [3.05, 3.63) is 22.4 Å². The van der Waals surface area contributed by atoms with E-state index in [-0.39, 0.29) is 11.3 Å². The average Bonchev–Trinajstić information content (AvgIpc) is 2.78. The number of aromatic nitrogens is 1. The molecule has 0 spiro atoms. The van der Waals surface area contributed by atoms with Gasteiger partial charge in [-0.05, 0) is 53.7 Å². The molecule has 1 aliphatic heterocycles. The topological polar surface area (TPSA) is 46.1 Å². The zero-order valence-electron chi connectivity index (χ0n) is 11.6. The number of halogens is 1. The van der Waals surface area contributed by atoms with Gasteiger partial charge >= 0.3 is 0 Å². The fourth-order valence-electron chi connectivity index (χ4n) is 2.58. The minimum atomic E-state index is 0.0133. The van der Waals surface area contributed by atoms with Gasteiger partial charge in [0, 0.05) is 30.3 Å². The van der Waals surface area contributed by atoms with Crippen LogP contribution in [0.1, 0.15) is 37.2 Å². The van der Waals surface area contributed by atoms with Crippen molar-refractivity contribution in [2.45, 2.75) is 33.2 Å². The SMILES string of the molecule is CCn1cc(Br)cc1C(=O)NCC1(C)CCCNC1. The number of nitrogens with one attached hydrogen (secondary N) is 2. The molecule has 0 bridgehead atoms. The lowest BCUT2D eigenvalue weighted by Crippen LogP contribution is -2.45. The molecule has 106 valence electrons. The number of aryl methyl sites for hydroxylation is 1. The molecule has 1 saturated heterocycles. The fraction of sp³-hybridized carbons (Fsp3) is 0.643. The molecule has 19 heavy (non-hydrogen) atoms. The van der Waals surface area contributed by atoms with Crippen LogP contribution in [0.5, 0.6) is 0 Å². The molecule has 4 nitrogen and oxygen atoms in total. The third-order valence-corrected chi connectivity index (χ3v) is 4.23. The lowest BCUT2D eigenvalue weighted by Gasteiger charge is -2.34. The van der Waals surface area contributed by atoms with E-state index in [0.29, 0.717) is 0 Å². The standard InChI is InChI=1S/C14H22BrN3O/c1-3-18-8-11(15)7-12(18)13(19)17-10-14(2)5-4-6-16-9-14/h7-8,16H,3-6,9-10H2,1-2H3,(H,17,19). The third-order valence-electron chi connectivity index (χ3n) is 3.80. The Morgan fingerprint density at radius 1 is 1.63 bits per heavy atom.